The fraction of sp³-hybridized carbons (Fsp3) is 0.300. The van der Waals surface area contributed by atoms with E-state index in [1.54, 1.807) is 36.2 Å². The van der Waals surface area contributed by atoms with Crippen molar-refractivity contribution < 1.29 is 19.4 Å². The number of rotatable bonds is 8. The van der Waals surface area contributed by atoms with Gasteiger partial charge in [0.15, 0.2) is 0 Å². The first kappa shape index (κ1) is 18.5. The van der Waals surface area contributed by atoms with Gasteiger partial charge in [-0.3, -0.25) is 4.79 Å². The molecule has 5 nitrogen and oxygen atoms in total. The number of aromatic carboxylic acids is 1. The van der Waals surface area contributed by atoms with E-state index in [4.69, 9.17) is 9.84 Å². The van der Waals surface area contributed by atoms with E-state index in [0.717, 1.165) is 11.3 Å². The summed E-state index contributed by atoms with van der Waals surface area (Å²) in [6, 6.07) is 16.1. The molecule has 2 aromatic rings. The van der Waals surface area contributed by atoms with Gasteiger partial charge in [-0.15, -0.1) is 0 Å². The van der Waals surface area contributed by atoms with Crippen LogP contribution < -0.4 is 4.74 Å². The molecule has 1 unspecified atom stereocenters. The van der Waals surface area contributed by atoms with Gasteiger partial charge in [-0.25, -0.2) is 4.79 Å². The summed E-state index contributed by atoms with van der Waals surface area (Å²) in [6.07, 6.45) is 0.635. The minimum absolute atomic E-state index is 0.0407. The molecule has 0 aromatic heterocycles. The number of nitrogens with zero attached hydrogens (tertiary/aromatic N) is 1. The predicted octanol–water partition coefficient (Wildman–Crippen LogP) is 3.45. The number of carbonyl (C=O) groups is 2. The van der Waals surface area contributed by atoms with Crippen LogP contribution >= 0.6 is 0 Å². The topological polar surface area (TPSA) is 66.8 Å². The van der Waals surface area contributed by atoms with Gasteiger partial charge >= 0.3 is 5.97 Å². The lowest BCUT2D eigenvalue weighted by Gasteiger charge is -2.21. The van der Waals surface area contributed by atoms with Crippen molar-refractivity contribution in [2.24, 2.45) is 5.92 Å². The first-order chi connectivity index (χ1) is 12.0. The van der Waals surface area contributed by atoms with Crippen molar-refractivity contribution >= 4 is 11.9 Å². The fourth-order valence-electron chi connectivity index (χ4n) is 2.47. The van der Waals surface area contributed by atoms with Crippen LogP contribution in [-0.2, 0) is 11.3 Å². The number of ether oxygens (including phenoxy) is 1. The van der Waals surface area contributed by atoms with Crippen LogP contribution in [0.25, 0.3) is 0 Å². The molecule has 0 radical (unpaired) electrons. The Bertz CT molecular complexity index is 697. The molecule has 1 amide bonds. The number of carboxylic acid groups (broad SMARTS) is 1. The molecule has 2 aromatic carbocycles. The molecule has 132 valence electrons. The number of para-hydroxylation sites is 1. The Morgan fingerprint density at radius 1 is 1.08 bits per heavy atom. The zero-order valence-corrected chi connectivity index (χ0v) is 14.5. The Labute approximate surface area is 147 Å². The smallest absolute Gasteiger partial charge is 0.335 e. The van der Waals surface area contributed by atoms with Gasteiger partial charge in [-0.05, 0) is 36.2 Å². The summed E-state index contributed by atoms with van der Waals surface area (Å²) in [7, 11) is 1.75. The molecule has 0 fully saturated rings. The quantitative estimate of drug-likeness (QED) is 0.798. The van der Waals surface area contributed by atoms with E-state index in [1.807, 2.05) is 37.3 Å². The van der Waals surface area contributed by atoms with Crippen molar-refractivity contribution in [3.8, 4) is 5.75 Å². The number of carboxylic acids is 1. The average molecular weight is 341 g/mol. The molecule has 0 aliphatic heterocycles. The van der Waals surface area contributed by atoms with Crippen molar-refractivity contribution in [1.29, 1.82) is 0 Å². The van der Waals surface area contributed by atoms with E-state index >= 15 is 0 Å². The number of hydrogen-bond donors (Lipinski definition) is 1. The summed E-state index contributed by atoms with van der Waals surface area (Å²) < 4.78 is 5.63. The SMILES string of the molecule is CC(CCOc1ccccc1)C(=O)N(C)Cc1ccc(C(=O)O)cc1. The third-order valence-corrected chi connectivity index (χ3v) is 3.98. The molecular weight excluding hydrogens is 318 g/mol. The summed E-state index contributed by atoms with van der Waals surface area (Å²) in [4.78, 5) is 25.0. The Hall–Kier alpha value is -2.82. The molecule has 0 saturated carbocycles. The Kier molecular flexibility index (Phi) is 6.57. The fourth-order valence-corrected chi connectivity index (χ4v) is 2.47. The van der Waals surface area contributed by atoms with Crippen LogP contribution in [0.3, 0.4) is 0 Å². The summed E-state index contributed by atoms with van der Waals surface area (Å²) >= 11 is 0. The van der Waals surface area contributed by atoms with Crippen LogP contribution in [-0.4, -0.2) is 35.5 Å². The molecule has 0 aliphatic rings. The highest BCUT2D eigenvalue weighted by Crippen LogP contribution is 2.13. The number of amides is 1. The van der Waals surface area contributed by atoms with Gasteiger partial charge in [0.1, 0.15) is 5.75 Å². The predicted molar refractivity (Wildman–Crippen MR) is 95.6 cm³/mol. The lowest BCUT2D eigenvalue weighted by Crippen LogP contribution is -2.32. The van der Waals surface area contributed by atoms with E-state index in [1.165, 1.54) is 0 Å². The van der Waals surface area contributed by atoms with E-state index in [9.17, 15) is 9.59 Å². The van der Waals surface area contributed by atoms with Crippen LogP contribution in [0, 0.1) is 5.92 Å². The minimum Gasteiger partial charge on any atom is -0.494 e. The van der Waals surface area contributed by atoms with Gasteiger partial charge in [0.05, 0.1) is 12.2 Å². The number of hydrogen-bond acceptors (Lipinski definition) is 3. The molecule has 0 spiro atoms. The second-order valence-electron chi connectivity index (χ2n) is 6.05. The molecule has 2 rings (SSSR count). The van der Waals surface area contributed by atoms with Crippen LogP contribution in [0.4, 0.5) is 0 Å². The number of carbonyl (C=O) groups excluding carboxylic acids is 1. The highest BCUT2D eigenvalue weighted by molar-refractivity contribution is 5.87. The molecular formula is C20H23NO4. The molecule has 5 heteroatoms. The summed E-state index contributed by atoms with van der Waals surface area (Å²) in [5.74, 6) is -0.261. The molecule has 25 heavy (non-hydrogen) atoms. The first-order valence-electron chi connectivity index (χ1n) is 8.22. The summed E-state index contributed by atoms with van der Waals surface area (Å²) in [5.41, 5.74) is 1.14. The second-order valence-corrected chi connectivity index (χ2v) is 6.05. The summed E-state index contributed by atoms with van der Waals surface area (Å²) in [5, 5.41) is 8.91. The highest BCUT2D eigenvalue weighted by atomic mass is 16.5. The minimum atomic E-state index is -0.956. The van der Waals surface area contributed by atoms with Gasteiger partial charge in [0, 0.05) is 19.5 Å². The largest absolute Gasteiger partial charge is 0.494 e. The Morgan fingerprint density at radius 2 is 1.72 bits per heavy atom. The maximum absolute atomic E-state index is 12.4. The zero-order valence-electron chi connectivity index (χ0n) is 14.5. The molecule has 1 N–H and O–H groups in total. The van der Waals surface area contributed by atoms with Crippen LogP contribution in [0.5, 0.6) is 5.75 Å². The van der Waals surface area contributed by atoms with Gasteiger partial charge in [0.25, 0.3) is 0 Å². The van der Waals surface area contributed by atoms with Gasteiger partial charge in [-0.1, -0.05) is 37.3 Å². The van der Waals surface area contributed by atoms with E-state index in [-0.39, 0.29) is 17.4 Å². The van der Waals surface area contributed by atoms with Crippen molar-refractivity contribution in [3.05, 3.63) is 65.7 Å². The molecule has 0 bridgehead atoms. The zero-order chi connectivity index (χ0) is 18.2. The van der Waals surface area contributed by atoms with Gasteiger partial charge < -0.3 is 14.7 Å². The Morgan fingerprint density at radius 3 is 2.32 bits per heavy atom. The van der Waals surface area contributed by atoms with Gasteiger partial charge in [-0.2, -0.15) is 0 Å². The second kappa shape index (κ2) is 8.87. The van der Waals surface area contributed by atoms with Crippen molar-refractivity contribution in [1.82, 2.24) is 4.90 Å². The number of benzene rings is 2. The normalized spacial score (nSPS) is 11.6. The van der Waals surface area contributed by atoms with Crippen molar-refractivity contribution in [2.45, 2.75) is 19.9 Å². The maximum Gasteiger partial charge on any atom is 0.335 e. The van der Waals surface area contributed by atoms with Crippen molar-refractivity contribution in [2.75, 3.05) is 13.7 Å². The lowest BCUT2D eigenvalue weighted by atomic mass is 10.1. The Balaban J connectivity index is 1.80. The van der Waals surface area contributed by atoms with E-state index in [0.29, 0.717) is 19.6 Å². The average Bonchev–Trinajstić information content (AvgIpc) is 2.62. The monoisotopic (exact) mass is 341 g/mol. The van der Waals surface area contributed by atoms with E-state index in [2.05, 4.69) is 0 Å². The lowest BCUT2D eigenvalue weighted by molar-refractivity contribution is -0.134. The van der Waals surface area contributed by atoms with Crippen LogP contribution in [0.2, 0.25) is 0 Å². The van der Waals surface area contributed by atoms with Crippen molar-refractivity contribution in [3.63, 3.8) is 0 Å². The third-order valence-electron chi connectivity index (χ3n) is 3.98. The van der Waals surface area contributed by atoms with E-state index < -0.39 is 5.97 Å². The van der Waals surface area contributed by atoms with Crippen LogP contribution in [0.1, 0.15) is 29.3 Å². The maximum atomic E-state index is 12.4. The molecule has 0 saturated heterocycles. The van der Waals surface area contributed by atoms with Gasteiger partial charge in [0.2, 0.25) is 5.91 Å². The standard InChI is InChI=1S/C20H23NO4/c1-15(12-13-25-18-6-4-3-5-7-18)19(22)21(2)14-16-8-10-17(11-9-16)20(23)24/h3-11,15H,12-14H2,1-2H3,(H,23,24). The third kappa shape index (κ3) is 5.64. The van der Waals surface area contributed by atoms with Crippen LogP contribution in [0.15, 0.2) is 54.6 Å². The first-order valence-corrected chi connectivity index (χ1v) is 8.22. The molecule has 0 heterocycles. The highest BCUT2D eigenvalue weighted by Gasteiger charge is 2.18. The molecule has 0 aliphatic carbocycles. The summed E-state index contributed by atoms with van der Waals surface area (Å²) in [6.45, 7) is 2.82. The molecule has 1 atom stereocenters.